The number of anilines is 1. The third-order valence-corrected chi connectivity index (χ3v) is 4.46. The Kier molecular flexibility index (Phi) is 3.39. The molecule has 23 heavy (non-hydrogen) atoms. The first-order valence-electron chi connectivity index (χ1n) is 7.19. The van der Waals surface area contributed by atoms with Crippen LogP contribution in [0.25, 0.3) is 21.7 Å². The van der Waals surface area contributed by atoms with Gasteiger partial charge in [0.1, 0.15) is 5.58 Å². The van der Waals surface area contributed by atoms with E-state index < -0.39 is 0 Å². The molecule has 0 spiro atoms. The number of carbonyl (C=O) groups is 1. The van der Waals surface area contributed by atoms with Crippen molar-refractivity contribution in [3.63, 3.8) is 0 Å². The number of hydrogen-bond donors (Lipinski definition) is 1. The number of rotatable bonds is 2. The molecule has 0 saturated heterocycles. The Labute approximate surface area is 141 Å². The Morgan fingerprint density at radius 2 is 1.70 bits per heavy atom. The van der Waals surface area contributed by atoms with Gasteiger partial charge in [0.25, 0.3) is 5.91 Å². The lowest BCUT2D eigenvalue weighted by Gasteiger charge is -2.04. The maximum atomic E-state index is 12.4. The van der Waals surface area contributed by atoms with Gasteiger partial charge in [-0.2, -0.15) is 0 Å². The fourth-order valence-electron chi connectivity index (χ4n) is 2.65. The molecule has 4 heteroatoms. The van der Waals surface area contributed by atoms with Crippen molar-refractivity contribution >= 4 is 49.3 Å². The monoisotopic (exact) mass is 365 g/mol. The summed E-state index contributed by atoms with van der Waals surface area (Å²) in [5.74, 6) is 0.0317. The average Bonchev–Trinajstić information content (AvgIpc) is 3.02. The number of carbonyl (C=O) groups excluding carboxylic acids is 1. The molecule has 0 atom stereocenters. The summed E-state index contributed by atoms with van der Waals surface area (Å²) in [6, 6.07) is 21.2. The fourth-order valence-corrected chi connectivity index (χ4v) is 3.03. The van der Waals surface area contributed by atoms with Crippen LogP contribution in [0.3, 0.4) is 0 Å². The molecule has 3 nitrogen and oxygen atoms in total. The minimum absolute atomic E-state index is 0.266. The normalized spacial score (nSPS) is 11.0. The number of halogens is 1. The van der Waals surface area contributed by atoms with Crippen LogP contribution in [0.2, 0.25) is 0 Å². The SMILES string of the molecule is O=C(Nc1ccccc1Br)c1cc2c(ccc3ccccc32)o1. The zero-order chi connectivity index (χ0) is 15.8. The number of para-hydroxylation sites is 1. The molecular formula is C19H12BrNO2. The summed E-state index contributed by atoms with van der Waals surface area (Å²) < 4.78 is 6.55. The Balaban J connectivity index is 1.76. The minimum Gasteiger partial charge on any atom is -0.451 e. The Hall–Kier alpha value is -2.59. The molecule has 1 aromatic heterocycles. The van der Waals surface area contributed by atoms with Gasteiger partial charge in [0, 0.05) is 9.86 Å². The molecule has 1 N–H and O–H groups in total. The number of benzene rings is 3. The Morgan fingerprint density at radius 3 is 2.57 bits per heavy atom. The zero-order valence-electron chi connectivity index (χ0n) is 12.0. The van der Waals surface area contributed by atoms with Gasteiger partial charge in [-0.3, -0.25) is 4.79 Å². The van der Waals surface area contributed by atoms with Gasteiger partial charge in [0.2, 0.25) is 0 Å². The minimum atomic E-state index is -0.266. The van der Waals surface area contributed by atoms with Crippen LogP contribution >= 0.6 is 15.9 Å². The Morgan fingerprint density at radius 1 is 0.913 bits per heavy atom. The molecule has 1 amide bonds. The van der Waals surface area contributed by atoms with E-state index in [2.05, 4.69) is 21.2 Å². The maximum absolute atomic E-state index is 12.4. The van der Waals surface area contributed by atoms with Crippen LogP contribution in [0.5, 0.6) is 0 Å². The summed E-state index contributed by atoms with van der Waals surface area (Å²) in [4.78, 5) is 12.4. The molecule has 1 heterocycles. The van der Waals surface area contributed by atoms with Crippen LogP contribution in [-0.2, 0) is 0 Å². The molecule has 4 aromatic rings. The van der Waals surface area contributed by atoms with Crippen LogP contribution in [0.4, 0.5) is 5.69 Å². The third-order valence-electron chi connectivity index (χ3n) is 3.77. The van der Waals surface area contributed by atoms with Gasteiger partial charge in [-0.25, -0.2) is 0 Å². The summed E-state index contributed by atoms with van der Waals surface area (Å²) in [7, 11) is 0. The standard InChI is InChI=1S/C19H12BrNO2/c20-15-7-3-4-8-16(15)21-19(22)18-11-14-13-6-2-1-5-12(13)9-10-17(14)23-18/h1-11H,(H,21,22). The summed E-state index contributed by atoms with van der Waals surface area (Å²) in [6.45, 7) is 0. The predicted molar refractivity (Wildman–Crippen MR) is 95.8 cm³/mol. The van der Waals surface area contributed by atoms with E-state index in [1.54, 1.807) is 6.07 Å². The van der Waals surface area contributed by atoms with Crippen LogP contribution in [-0.4, -0.2) is 5.91 Å². The van der Waals surface area contributed by atoms with Crippen LogP contribution in [0.15, 0.2) is 75.6 Å². The van der Waals surface area contributed by atoms with Gasteiger partial charge in [-0.1, -0.05) is 42.5 Å². The average molecular weight is 366 g/mol. The van der Waals surface area contributed by atoms with Crippen LogP contribution < -0.4 is 5.32 Å². The van der Waals surface area contributed by atoms with E-state index in [9.17, 15) is 4.79 Å². The van der Waals surface area contributed by atoms with Gasteiger partial charge < -0.3 is 9.73 Å². The topological polar surface area (TPSA) is 42.2 Å². The van der Waals surface area contributed by atoms with E-state index in [4.69, 9.17) is 4.42 Å². The summed E-state index contributed by atoms with van der Waals surface area (Å²) in [5, 5.41) is 6.00. The molecule has 112 valence electrons. The first-order chi connectivity index (χ1) is 11.2. The van der Waals surface area contributed by atoms with Crippen molar-refractivity contribution in [3.8, 4) is 0 Å². The summed E-state index contributed by atoms with van der Waals surface area (Å²) in [6.07, 6.45) is 0. The molecule has 0 saturated carbocycles. The van der Waals surface area contributed by atoms with Gasteiger partial charge >= 0.3 is 0 Å². The third kappa shape index (κ3) is 2.51. The highest BCUT2D eigenvalue weighted by Gasteiger charge is 2.14. The van der Waals surface area contributed by atoms with Crippen molar-refractivity contribution in [2.45, 2.75) is 0 Å². The van der Waals surface area contributed by atoms with Crippen LogP contribution in [0.1, 0.15) is 10.6 Å². The second kappa shape index (κ2) is 5.56. The van der Waals surface area contributed by atoms with E-state index in [0.717, 1.165) is 20.6 Å². The maximum Gasteiger partial charge on any atom is 0.291 e. The molecule has 4 rings (SSSR count). The van der Waals surface area contributed by atoms with E-state index in [0.29, 0.717) is 17.0 Å². The second-order valence-electron chi connectivity index (χ2n) is 5.24. The quantitative estimate of drug-likeness (QED) is 0.502. The molecular weight excluding hydrogens is 354 g/mol. The number of fused-ring (bicyclic) bond motifs is 3. The summed E-state index contributed by atoms with van der Waals surface area (Å²) in [5.41, 5.74) is 1.42. The first kappa shape index (κ1) is 14.0. The number of amides is 1. The van der Waals surface area contributed by atoms with E-state index in [1.807, 2.05) is 60.7 Å². The fraction of sp³-hybridized carbons (Fsp3) is 0. The van der Waals surface area contributed by atoms with E-state index in [-0.39, 0.29) is 5.91 Å². The summed E-state index contributed by atoms with van der Waals surface area (Å²) >= 11 is 3.42. The molecule has 0 aliphatic heterocycles. The van der Waals surface area contributed by atoms with Gasteiger partial charge in [-0.05, 0) is 51.0 Å². The van der Waals surface area contributed by atoms with E-state index >= 15 is 0 Å². The molecule has 0 aliphatic rings. The first-order valence-corrected chi connectivity index (χ1v) is 7.99. The molecule has 0 fully saturated rings. The van der Waals surface area contributed by atoms with Crippen molar-refractivity contribution in [2.24, 2.45) is 0 Å². The van der Waals surface area contributed by atoms with Gasteiger partial charge in [0.05, 0.1) is 5.69 Å². The largest absolute Gasteiger partial charge is 0.451 e. The molecule has 0 aliphatic carbocycles. The Bertz CT molecular complexity index is 1040. The van der Waals surface area contributed by atoms with E-state index in [1.165, 1.54) is 0 Å². The molecule has 0 bridgehead atoms. The number of nitrogens with one attached hydrogen (secondary N) is 1. The molecule has 0 unspecified atom stereocenters. The zero-order valence-corrected chi connectivity index (χ0v) is 13.6. The van der Waals surface area contributed by atoms with Crippen molar-refractivity contribution < 1.29 is 9.21 Å². The van der Waals surface area contributed by atoms with Gasteiger partial charge in [-0.15, -0.1) is 0 Å². The molecule has 3 aromatic carbocycles. The lowest BCUT2D eigenvalue weighted by Crippen LogP contribution is -2.11. The smallest absolute Gasteiger partial charge is 0.291 e. The number of hydrogen-bond acceptors (Lipinski definition) is 2. The second-order valence-corrected chi connectivity index (χ2v) is 6.10. The van der Waals surface area contributed by atoms with Crippen LogP contribution in [0, 0.1) is 0 Å². The predicted octanol–water partition coefficient (Wildman–Crippen LogP) is 5.60. The highest BCUT2D eigenvalue weighted by atomic mass is 79.9. The lowest BCUT2D eigenvalue weighted by molar-refractivity contribution is 0.0998. The van der Waals surface area contributed by atoms with Crippen molar-refractivity contribution in [3.05, 3.63) is 77.0 Å². The van der Waals surface area contributed by atoms with Crippen molar-refractivity contribution in [1.82, 2.24) is 0 Å². The van der Waals surface area contributed by atoms with Gasteiger partial charge in [0.15, 0.2) is 5.76 Å². The highest BCUT2D eigenvalue weighted by Crippen LogP contribution is 2.29. The van der Waals surface area contributed by atoms with Crippen molar-refractivity contribution in [2.75, 3.05) is 5.32 Å². The molecule has 0 radical (unpaired) electrons. The lowest BCUT2D eigenvalue weighted by atomic mass is 10.1. The van der Waals surface area contributed by atoms with Crippen molar-refractivity contribution in [1.29, 1.82) is 0 Å². The highest BCUT2D eigenvalue weighted by molar-refractivity contribution is 9.10. The number of furan rings is 1.